The van der Waals surface area contributed by atoms with Crippen LogP contribution in [0.1, 0.15) is 57.9 Å². The second kappa shape index (κ2) is 9.81. The highest BCUT2D eigenvalue weighted by atomic mass is 16.4. The second-order valence-electron chi connectivity index (χ2n) is 9.06. The Morgan fingerprint density at radius 3 is 2.67 bits per heavy atom. The van der Waals surface area contributed by atoms with Crippen molar-refractivity contribution in [2.75, 3.05) is 0 Å². The number of unbranched alkanes of at least 4 members (excludes halogenated alkanes) is 1. The summed E-state index contributed by atoms with van der Waals surface area (Å²) in [5, 5.41) is 30.3. The molecule has 30 heavy (non-hydrogen) atoms. The first-order chi connectivity index (χ1) is 14.3. The van der Waals surface area contributed by atoms with E-state index in [9.17, 15) is 15.0 Å². The lowest BCUT2D eigenvalue weighted by Gasteiger charge is -2.54. The molecule has 0 spiro atoms. The fraction of sp³-hybridized carbons (Fsp3) is 0.577. The fourth-order valence-electron chi connectivity index (χ4n) is 5.33. The number of carboxylic acid groups (broad SMARTS) is 1. The summed E-state index contributed by atoms with van der Waals surface area (Å²) < 4.78 is 0. The third kappa shape index (κ3) is 5.33. The van der Waals surface area contributed by atoms with Crippen molar-refractivity contribution < 1.29 is 20.1 Å². The minimum Gasteiger partial charge on any atom is -0.481 e. The lowest BCUT2D eigenvalue weighted by molar-refractivity contribution is -0.137. The van der Waals surface area contributed by atoms with Crippen LogP contribution in [0.15, 0.2) is 42.0 Å². The summed E-state index contributed by atoms with van der Waals surface area (Å²) >= 11 is 0. The van der Waals surface area contributed by atoms with Crippen molar-refractivity contribution in [3.05, 3.63) is 47.5 Å². The van der Waals surface area contributed by atoms with Crippen molar-refractivity contribution in [1.82, 2.24) is 0 Å². The van der Waals surface area contributed by atoms with Gasteiger partial charge in [0.2, 0.25) is 0 Å². The second-order valence-corrected chi connectivity index (χ2v) is 9.06. The zero-order valence-electron chi connectivity index (χ0n) is 18.1. The van der Waals surface area contributed by atoms with Crippen molar-refractivity contribution in [2.24, 2.45) is 23.7 Å². The third-order valence-electron chi connectivity index (χ3n) is 6.70. The van der Waals surface area contributed by atoms with Gasteiger partial charge in [-0.25, -0.2) is 0 Å². The van der Waals surface area contributed by atoms with Gasteiger partial charge in [0.05, 0.1) is 12.0 Å². The molecule has 3 rings (SSSR count). The van der Waals surface area contributed by atoms with Gasteiger partial charge in [-0.05, 0) is 62.3 Å². The van der Waals surface area contributed by atoms with Crippen LogP contribution >= 0.6 is 0 Å². The van der Waals surface area contributed by atoms with Crippen LogP contribution in [-0.4, -0.2) is 33.0 Å². The molecule has 0 radical (unpaired) electrons. The van der Waals surface area contributed by atoms with Crippen LogP contribution in [0, 0.1) is 35.5 Å². The molecule has 0 aromatic heterocycles. The molecule has 0 aliphatic heterocycles. The molecule has 4 nitrogen and oxygen atoms in total. The number of fused-ring (bicyclic) bond motifs is 1. The molecule has 2 unspecified atom stereocenters. The van der Waals surface area contributed by atoms with E-state index in [1.54, 1.807) is 6.92 Å². The summed E-state index contributed by atoms with van der Waals surface area (Å²) in [4.78, 5) is 10.7. The average molecular weight is 411 g/mol. The van der Waals surface area contributed by atoms with E-state index in [-0.39, 0.29) is 12.3 Å². The van der Waals surface area contributed by atoms with E-state index in [2.05, 4.69) is 24.8 Å². The molecule has 4 heteroatoms. The monoisotopic (exact) mass is 410 g/mol. The van der Waals surface area contributed by atoms with Gasteiger partial charge in [0.1, 0.15) is 5.60 Å². The Hall–Kier alpha value is -2.09. The van der Waals surface area contributed by atoms with Gasteiger partial charge in [-0.2, -0.15) is 0 Å². The summed E-state index contributed by atoms with van der Waals surface area (Å²) in [5.41, 5.74) is 1.35. The van der Waals surface area contributed by atoms with E-state index in [0.29, 0.717) is 30.6 Å². The first-order valence-corrected chi connectivity index (χ1v) is 11.2. The maximum absolute atomic E-state index is 10.8. The molecule has 2 aliphatic carbocycles. The van der Waals surface area contributed by atoms with E-state index in [1.807, 2.05) is 30.3 Å². The molecule has 1 aromatic rings. The van der Waals surface area contributed by atoms with Crippen LogP contribution in [0.2, 0.25) is 0 Å². The number of allylic oxidation sites excluding steroid dienone is 2. The molecule has 3 N–H and O–H groups in total. The van der Waals surface area contributed by atoms with Gasteiger partial charge in [-0.3, -0.25) is 4.79 Å². The number of rotatable bonds is 7. The molecule has 2 saturated carbocycles. The van der Waals surface area contributed by atoms with E-state index in [1.165, 1.54) is 5.57 Å². The summed E-state index contributed by atoms with van der Waals surface area (Å²) in [6, 6.07) is 9.85. The number of carbonyl (C=O) groups is 1. The number of carboxylic acids is 1. The minimum absolute atomic E-state index is 0.118. The number of hydrogen-bond acceptors (Lipinski definition) is 3. The number of aliphatic hydroxyl groups is 2. The van der Waals surface area contributed by atoms with Gasteiger partial charge >= 0.3 is 5.97 Å². The van der Waals surface area contributed by atoms with Crippen LogP contribution in [0.5, 0.6) is 0 Å². The van der Waals surface area contributed by atoms with Crippen LogP contribution < -0.4 is 0 Å². The van der Waals surface area contributed by atoms with Gasteiger partial charge in [-0.15, -0.1) is 0 Å². The van der Waals surface area contributed by atoms with Gasteiger partial charge in [0, 0.05) is 12.8 Å². The van der Waals surface area contributed by atoms with Gasteiger partial charge in [-0.1, -0.05) is 60.7 Å². The third-order valence-corrected chi connectivity index (χ3v) is 6.70. The summed E-state index contributed by atoms with van der Waals surface area (Å²) in [5.74, 6) is 6.64. The Balaban J connectivity index is 1.71. The van der Waals surface area contributed by atoms with Crippen LogP contribution in [0.4, 0.5) is 0 Å². The Morgan fingerprint density at radius 2 is 2.00 bits per heavy atom. The molecular formula is C26H34O4. The van der Waals surface area contributed by atoms with Crippen molar-refractivity contribution in [2.45, 2.75) is 70.5 Å². The molecule has 162 valence electrons. The zero-order valence-corrected chi connectivity index (χ0v) is 18.1. The van der Waals surface area contributed by atoms with Crippen LogP contribution in [0.3, 0.4) is 0 Å². The van der Waals surface area contributed by atoms with Gasteiger partial charge in [0.15, 0.2) is 0 Å². The Kier molecular flexibility index (Phi) is 7.39. The average Bonchev–Trinajstić information content (AvgIpc) is 2.68. The SMILES string of the molecule is CCC1C(=CCCCC(=O)O)[C@@H]2CC[C@H](O)[C@@H](C#CC(C)(O)Cc3ccccc3)[C@H]12. The Labute approximate surface area is 180 Å². The van der Waals surface area contributed by atoms with E-state index >= 15 is 0 Å². The van der Waals surface area contributed by atoms with E-state index < -0.39 is 17.7 Å². The molecule has 0 heterocycles. The Bertz CT molecular complexity index is 806. The fourth-order valence-corrected chi connectivity index (χ4v) is 5.33. The molecule has 6 atom stereocenters. The summed E-state index contributed by atoms with van der Waals surface area (Å²) in [7, 11) is 0. The molecule has 0 amide bonds. The highest BCUT2D eigenvalue weighted by Gasteiger charge is 2.52. The largest absolute Gasteiger partial charge is 0.481 e. The van der Waals surface area contributed by atoms with Crippen LogP contribution in [0.25, 0.3) is 0 Å². The molecule has 2 fully saturated rings. The summed E-state index contributed by atoms with van der Waals surface area (Å²) in [6.07, 6.45) is 6.61. The highest BCUT2D eigenvalue weighted by Crippen LogP contribution is 2.57. The normalized spacial score (nSPS) is 31.1. The number of hydrogen-bond donors (Lipinski definition) is 3. The van der Waals surface area contributed by atoms with Crippen molar-refractivity contribution in [3.63, 3.8) is 0 Å². The van der Waals surface area contributed by atoms with Crippen molar-refractivity contribution in [1.29, 1.82) is 0 Å². The molecule has 1 aromatic carbocycles. The first kappa shape index (κ1) is 22.6. The molecule has 0 bridgehead atoms. The quantitative estimate of drug-likeness (QED) is 0.357. The first-order valence-electron chi connectivity index (χ1n) is 11.2. The maximum atomic E-state index is 10.8. The standard InChI is InChI=1S/C26H34O4/c1-3-19-20(11-7-8-12-24(28)29)21-13-14-23(27)22(25(19)21)15-16-26(2,30)17-18-9-5-4-6-10-18/h4-6,9-11,19,21-23,25,27,30H,3,7-8,12-14,17H2,1-2H3,(H,28,29)/t19?,21-,22+,23-,25+,26?/m0/s1. The topological polar surface area (TPSA) is 77.8 Å². The van der Waals surface area contributed by atoms with Crippen molar-refractivity contribution in [3.8, 4) is 11.8 Å². The van der Waals surface area contributed by atoms with E-state index in [0.717, 1.165) is 31.2 Å². The van der Waals surface area contributed by atoms with Crippen molar-refractivity contribution >= 4 is 5.97 Å². The number of benzene rings is 1. The van der Waals surface area contributed by atoms with Crippen LogP contribution in [-0.2, 0) is 11.2 Å². The number of aliphatic hydroxyl groups excluding tert-OH is 1. The van der Waals surface area contributed by atoms with E-state index in [4.69, 9.17) is 5.11 Å². The predicted molar refractivity (Wildman–Crippen MR) is 118 cm³/mol. The zero-order chi connectivity index (χ0) is 21.7. The predicted octanol–water partition coefficient (Wildman–Crippen LogP) is 4.21. The molecule has 0 saturated heterocycles. The Morgan fingerprint density at radius 1 is 1.27 bits per heavy atom. The maximum Gasteiger partial charge on any atom is 0.303 e. The van der Waals surface area contributed by atoms with Gasteiger partial charge < -0.3 is 15.3 Å². The smallest absolute Gasteiger partial charge is 0.303 e. The van der Waals surface area contributed by atoms with Gasteiger partial charge in [0.25, 0.3) is 0 Å². The lowest BCUT2D eigenvalue weighted by Crippen LogP contribution is -2.51. The number of aliphatic carboxylic acids is 1. The summed E-state index contributed by atoms with van der Waals surface area (Å²) in [6.45, 7) is 3.91. The lowest BCUT2D eigenvalue weighted by atomic mass is 9.50. The molecule has 2 aliphatic rings. The minimum atomic E-state index is -1.13. The molecular weight excluding hydrogens is 376 g/mol. The highest BCUT2D eigenvalue weighted by molar-refractivity contribution is 5.66.